The van der Waals surface area contributed by atoms with Crippen LogP contribution in [0.2, 0.25) is 0 Å². The first-order chi connectivity index (χ1) is 15.0. The second-order valence-corrected chi connectivity index (χ2v) is 8.22. The van der Waals surface area contributed by atoms with E-state index in [-0.39, 0.29) is 5.82 Å². The lowest BCUT2D eigenvalue weighted by atomic mass is 10.0. The number of hydrogen-bond donors (Lipinski definition) is 1. The Hall–Kier alpha value is -2.71. The lowest BCUT2D eigenvalue weighted by molar-refractivity contribution is 0.205. The van der Waals surface area contributed by atoms with Crippen LogP contribution in [0.25, 0.3) is 0 Å². The summed E-state index contributed by atoms with van der Waals surface area (Å²) in [6.07, 6.45) is 5.48. The van der Waals surface area contributed by atoms with Gasteiger partial charge in [0.25, 0.3) is 0 Å². The Labute approximate surface area is 182 Å². The van der Waals surface area contributed by atoms with Crippen molar-refractivity contribution < 1.29 is 9.50 Å². The van der Waals surface area contributed by atoms with Gasteiger partial charge in [0.1, 0.15) is 17.7 Å². The standard InChI is InChI=1S/C23H31FN6O/c1-4-9-30-17(2)18(15-26-30)16-28-11-13-29(14-12-28)21-19(6-5-7-20(21)24)22(31)23-25-8-10-27(23)3/h5-8,10,15,22,31H,4,9,11-14,16H2,1-3H3/t22-/m1/s1. The second kappa shape index (κ2) is 9.20. The van der Waals surface area contributed by atoms with Crippen LogP contribution in [0.15, 0.2) is 36.8 Å². The summed E-state index contributed by atoms with van der Waals surface area (Å²) in [5.74, 6) is 0.195. The number of halogens is 1. The van der Waals surface area contributed by atoms with Gasteiger partial charge >= 0.3 is 0 Å². The van der Waals surface area contributed by atoms with E-state index < -0.39 is 6.10 Å². The number of aromatic nitrogens is 4. The predicted octanol–water partition coefficient (Wildman–Crippen LogP) is 2.88. The van der Waals surface area contributed by atoms with Crippen LogP contribution in [0.1, 0.15) is 42.1 Å². The van der Waals surface area contributed by atoms with E-state index in [4.69, 9.17) is 0 Å². The molecule has 8 heteroatoms. The van der Waals surface area contributed by atoms with Crippen LogP contribution >= 0.6 is 0 Å². The molecule has 1 fully saturated rings. The van der Waals surface area contributed by atoms with Crippen LogP contribution in [-0.4, -0.2) is 55.5 Å². The summed E-state index contributed by atoms with van der Waals surface area (Å²) in [5, 5.41) is 15.4. The van der Waals surface area contributed by atoms with Gasteiger partial charge in [-0.25, -0.2) is 9.37 Å². The first kappa shape index (κ1) is 21.5. The fraction of sp³-hybridized carbons (Fsp3) is 0.478. The maximum Gasteiger partial charge on any atom is 0.146 e. The highest BCUT2D eigenvalue weighted by atomic mass is 19.1. The highest BCUT2D eigenvalue weighted by Gasteiger charge is 2.27. The zero-order valence-electron chi connectivity index (χ0n) is 18.5. The normalized spacial score (nSPS) is 16.1. The molecule has 1 saturated heterocycles. The summed E-state index contributed by atoms with van der Waals surface area (Å²) in [6, 6.07) is 4.89. The molecule has 0 saturated carbocycles. The van der Waals surface area contributed by atoms with Crippen molar-refractivity contribution in [3.05, 3.63) is 65.3 Å². The molecular formula is C23H31FN6O. The van der Waals surface area contributed by atoms with Gasteiger partial charge in [-0.15, -0.1) is 0 Å². The molecule has 1 aliphatic rings. The average Bonchev–Trinajstić information content (AvgIpc) is 3.35. The van der Waals surface area contributed by atoms with E-state index >= 15 is 0 Å². The van der Waals surface area contributed by atoms with Crippen molar-refractivity contribution in [2.24, 2.45) is 7.05 Å². The Morgan fingerprint density at radius 1 is 1.19 bits per heavy atom. The summed E-state index contributed by atoms with van der Waals surface area (Å²) in [7, 11) is 1.83. The van der Waals surface area contributed by atoms with Gasteiger partial charge in [-0.2, -0.15) is 5.10 Å². The van der Waals surface area contributed by atoms with E-state index in [1.54, 1.807) is 29.1 Å². The molecule has 1 atom stereocenters. The van der Waals surface area contributed by atoms with Crippen LogP contribution in [0, 0.1) is 12.7 Å². The zero-order chi connectivity index (χ0) is 22.0. The molecule has 0 amide bonds. The smallest absolute Gasteiger partial charge is 0.146 e. The molecule has 0 bridgehead atoms. The first-order valence-electron chi connectivity index (χ1n) is 10.9. The molecule has 3 aromatic rings. The largest absolute Gasteiger partial charge is 0.380 e. The molecule has 3 heterocycles. The third-order valence-corrected chi connectivity index (χ3v) is 6.14. The number of aliphatic hydroxyl groups is 1. The number of aliphatic hydroxyl groups excluding tert-OH is 1. The fourth-order valence-corrected chi connectivity index (χ4v) is 4.31. The Balaban J connectivity index is 1.47. The molecule has 2 aromatic heterocycles. The van der Waals surface area contributed by atoms with E-state index in [9.17, 15) is 9.50 Å². The van der Waals surface area contributed by atoms with E-state index in [1.807, 2.05) is 18.1 Å². The van der Waals surface area contributed by atoms with E-state index in [0.717, 1.165) is 32.6 Å². The Bertz CT molecular complexity index is 1020. The van der Waals surface area contributed by atoms with Crippen molar-refractivity contribution in [2.75, 3.05) is 31.1 Å². The minimum absolute atomic E-state index is 0.309. The zero-order valence-corrected chi connectivity index (χ0v) is 18.5. The van der Waals surface area contributed by atoms with Crippen molar-refractivity contribution in [3.63, 3.8) is 0 Å². The maximum atomic E-state index is 14.9. The second-order valence-electron chi connectivity index (χ2n) is 8.22. The SMILES string of the molecule is CCCn1ncc(CN2CCN(c3c(F)cccc3[C@@H](O)c3nccn3C)CC2)c1C. The lowest BCUT2D eigenvalue weighted by Crippen LogP contribution is -2.46. The summed E-state index contributed by atoms with van der Waals surface area (Å²) >= 11 is 0. The number of piperazine rings is 1. The molecule has 7 nitrogen and oxygen atoms in total. The van der Waals surface area contributed by atoms with Gasteiger partial charge in [-0.1, -0.05) is 19.1 Å². The molecule has 166 valence electrons. The van der Waals surface area contributed by atoms with Gasteiger partial charge < -0.3 is 14.6 Å². The Kier molecular flexibility index (Phi) is 6.38. The van der Waals surface area contributed by atoms with Crippen LogP contribution < -0.4 is 4.90 Å². The molecule has 4 rings (SSSR count). The summed E-state index contributed by atoms with van der Waals surface area (Å²) in [5.41, 5.74) is 3.50. The van der Waals surface area contributed by atoms with Crippen LogP contribution in [0.4, 0.5) is 10.1 Å². The number of imidazole rings is 1. The van der Waals surface area contributed by atoms with E-state index in [1.165, 1.54) is 17.3 Å². The molecule has 0 unspecified atom stereocenters. The Morgan fingerprint density at radius 2 is 1.97 bits per heavy atom. The van der Waals surface area contributed by atoms with Crippen LogP contribution in [0.3, 0.4) is 0 Å². The fourth-order valence-electron chi connectivity index (χ4n) is 4.31. The number of hydrogen-bond acceptors (Lipinski definition) is 5. The number of nitrogens with zero attached hydrogens (tertiary/aromatic N) is 6. The van der Waals surface area contributed by atoms with Crippen LogP contribution in [0.5, 0.6) is 0 Å². The van der Waals surface area contributed by atoms with Gasteiger partial charge in [0.05, 0.1) is 11.9 Å². The molecular weight excluding hydrogens is 395 g/mol. The average molecular weight is 427 g/mol. The van der Waals surface area contributed by atoms with Gasteiger partial charge in [0, 0.05) is 75.5 Å². The molecule has 31 heavy (non-hydrogen) atoms. The predicted molar refractivity (Wildman–Crippen MR) is 118 cm³/mol. The van der Waals surface area contributed by atoms with Crippen molar-refractivity contribution >= 4 is 5.69 Å². The van der Waals surface area contributed by atoms with Gasteiger partial charge in [0.2, 0.25) is 0 Å². The van der Waals surface area contributed by atoms with Gasteiger partial charge in [-0.3, -0.25) is 9.58 Å². The minimum atomic E-state index is -0.976. The van der Waals surface area contributed by atoms with E-state index in [0.29, 0.717) is 30.2 Å². The third-order valence-electron chi connectivity index (χ3n) is 6.14. The highest BCUT2D eigenvalue weighted by Crippen LogP contribution is 2.33. The summed E-state index contributed by atoms with van der Waals surface area (Å²) in [4.78, 5) is 8.67. The van der Waals surface area contributed by atoms with Gasteiger partial charge in [0.15, 0.2) is 0 Å². The Morgan fingerprint density at radius 3 is 2.65 bits per heavy atom. The van der Waals surface area contributed by atoms with Crippen molar-refractivity contribution in [2.45, 2.75) is 39.5 Å². The number of para-hydroxylation sites is 1. The quantitative estimate of drug-likeness (QED) is 0.630. The van der Waals surface area contributed by atoms with Crippen LogP contribution in [-0.2, 0) is 20.1 Å². The lowest BCUT2D eigenvalue weighted by Gasteiger charge is -2.37. The summed E-state index contributed by atoms with van der Waals surface area (Å²) < 4.78 is 18.7. The van der Waals surface area contributed by atoms with Crippen molar-refractivity contribution in [1.29, 1.82) is 0 Å². The molecule has 1 N–H and O–H groups in total. The maximum absolute atomic E-state index is 14.9. The van der Waals surface area contributed by atoms with Crippen molar-refractivity contribution in [1.82, 2.24) is 24.2 Å². The minimum Gasteiger partial charge on any atom is -0.380 e. The van der Waals surface area contributed by atoms with Crippen molar-refractivity contribution in [3.8, 4) is 0 Å². The highest BCUT2D eigenvalue weighted by molar-refractivity contribution is 5.57. The number of benzene rings is 1. The van der Waals surface area contributed by atoms with E-state index in [2.05, 4.69) is 33.5 Å². The first-order valence-corrected chi connectivity index (χ1v) is 10.9. The van der Waals surface area contributed by atoms with Gasteiger partial charge in [-0.05, 0) is 19.4 Å². The number of rotatable bonds is 7. The molecule has 0 spiro atoms. The monoisotopic (exact) mass is 426 g/mol. The molecule has 0 radical (unpaired) electrons. The molecule has 1 aromatic carbocycles. The molecule has 0 aliphatic carbocycles. The summed E-state index contributed by atoms with van der Waals surface area (Å²) in [6.45, 7) is 9.11. The topological polar surface area (TPSA) is 62.4 Å². The number of aryl methyl sites for hydroxylation is 2. The number of anilines is 1. The third kappa shape index (κ3) is 4.36. The molecule has 1 aliphatic heterocycles.